The molecule has 1 radical (unpaired) electrons. The van der Waals surface area contributed by atoms with Crippen LogP contribution in [0, 0.1) is 12.5 Å². The molecule has 2 bridgehead atoms. The van der Waals surface area contributed by atoms with E-state index in [-0.39, 0.29) is 23.9 Å². The summed E-state index contributed by atoms with van der Waals surface area (Å²) in [5.74, 6) is 0.283. The van der Waals surface area contributed by atoms with Crippen LogP contribution in [0.1, 0.15) is 24.8 Å². The molecule has 5 nitrogen and oxygen atoms in total. The molecule has 2 aromatic rings. The van der Waals surface area contributed by atoms with E-state index in [2.05, 4.69) is 4.72 Å². The van der Waals surface area contributed by atoms with Crippen molar-refractivity contribution in [2.75, 3.05) is 5.75 Å². The van der Waals surface area contributed by atoms with E-state index in [1.54, 1.807) is 12.8 Å². The van der Waals surface area contributed by atoms with Crippen molar-refractivity contribution in [2.24, 2.45) is 5.92 Å². The van der Waals surface area contributed by atoms with Crippen molar-refractivity contribution < 1.29 is 17.6 Å². The summed E-state index contributed by atoms with van der Waals surface area (Å²) >= 11 is 0. The van der Waals surface area contributed by atoms with E-state index in [1.807, 2.05) is 24.3 Å². The van der Waals surface area contributed by atoms with E-state index < -0.39 is 10.0 Å². The monoisotopic (exact) mass is 334 g/mol. The maximum Gasteiger partial charge on any atom is 0.212 e. The van der Waals surface area contributed by atoms with Gasteiger partial charge in [0.2, 0.25) is 10.0 Å². The fourth-order valence-corrected chi connectivity index (χ4v) is 5.07. The molecule has 1 N–H and O–H groups in total. The molecule has 0 amide bonds. The maximum atomic E-state index is 12.2. The van der Waals surface area contributed by atoms with Crippen LogP contribution < -0.4 is 4.72 Å². The van der Waals surface area contributed by atoms with Crippen LogP contribution in [0.15, 0.2) is 34.9 Å². The highest BCUT2D eigenvalue weighted by molar-refractivity contribution is 7.89. The number of fused-ring (bicyclic) bond motifs is 3. The number of sulfonamides is 1. The van der Waals surface area contributed by atoms with Crippen molar-refractivity contribution in [3.8, 4) is 0 Å². The van der Waals surface area contributed by atoms with Gasteiger partial charge in [-0.1, -0.05) is 18.2 Å². The number of para-hydroxylation sites is 1. The molecule has 3 heterocycles. The van der Waals surface area contributed by atoms with Gasteiger partial charge in [-0.15, -0.1) is 0 Å². The molecule has 1 aromatic carbocycles. The predicted molar refractivity (Wildman–Crippen MR) is 87.1 cm³/mol. The van der Waals surface area contributed by atoms with Gasteiger partial charge in [-0.25, -0.2) is 13.1 Å². The van der Waals surface area contributed by atoms with Gasteiger partial charge in [0.15, 0.2) is 0 Å². The predicted octanol–water partition coefficient (Wildman–Crippen LogP) is 2.62. The molecule has 3 unspecified atom stereocenters. The SMILES string of the molecule is O=S(=O)(CC1CC2CCC1O2)N[CH]Cc1coc2ccccc12. The van der Waals surface area contributed by atoms with Crippen LogP contribution in [-0.2, 0) is 21.2 Å². The quantitative estimate of drug-likeness (QED) is 0.882. The Kier molecular flexibility index (Phi) is 3.91. The zero-order valence-electron chi connectivity index (χ0n) is 12.8. The summed E-state index contributed by atoms with van der Waals surface area (Å²) in [6, 6.07) is 7.74. The van der Waals surface area contributed by atoms with Crippen LogP contribution in [0.3, 0.4) is 0 Å². The summed E-state index contributed by atoms with van der Waals surface area (Å²) in [5, 5.41) is 1.02. The van der Waals surface area contributed by atoms with Crippen LogP contribution in [-0.4, -0.2) is 26.4 Å². The molecule has 0 saturated carbocycles. The first-order chi connectivity index (χ1) is 11.1. The Balaban J connectivity index is 1.33. The summed E-state index contributed by atoms with van der Waals surface area (Å²) in [6.07, 6.45) is 5.54. The highest BCUT2D eigenvalue weighted by Crippen LogP contribution is 2.39. The van der Waals surface area contributed by atoms with Gasteiger partial charge in [-0.2, -0.15) is 0 Å². The van der Waals surface area contributed by atoms with E-state index in [9.17, 15) is 8.42 Å². The second-order valence-electron chi connectivity index (χ2n) is 6.43. The maximum absolute atomic E-state index is 12.2. The zero-order valence-corrected chi connectivity index (χ0v) is 13.6. The normalized spacial score (nSPS) is 27.0. The summed E-state index contributed by atoms with van der Waals surface area (Å²) in [7, 11) is -3.31. The molecule has 2 saturated heterocycles. The standard InChI is InChI=1S/C17H20NO4S/c19-23(20,11-13-9-14-5-6-16(13)22-14)18-8-7-12-10-21-17-4-2-1-3-15(12)17/h1-4,8,10,13-14,16,18H,5-7,9,11H2. The van der Waals surface area contributed by atoms with Gasteiger partial charge < -0.3 is 9.15 Å². The molecule has 23 heavy (non-hydrogen) atoms. The molecule has 123 valence electrons. The van der Waals surface area contributed by atoms with Gasteiger partial charge in [0.1, 0.15) is 5.58 Å². The smallest absolute Gasteiger partial charge is 0.212 e. The molecule has 3 atom stereocenters. The molecule has 0 spiro atoms. The third-order valence-electron chi connectivity index (χ3n) is 4.81. The molecule has 2 aliphatic rings. The number of hydrogen-bond donors (Lipinski definition) is 1. The zero-order chi connectivity index (χ0) is 15.9. The highest BCUT2D eigenvalue weighted by Gasteiger charge is 2.42. The van der Waals surface area contributed by atoms with Crippen LogP contribution in [0.25, 0.3) is 11.0 Å². The minimum Gasteiger partial charge on any atom is -0.464 e. The molecule has 2 aliphatic heterocycles. The third kappa shape index (κ3) is 3.16. The number of furan rings is 1. The fourth-order valence-electron chi connectivity index (χ4n) is 3.72. The number of benzene rings is 1. The van der Waals surface area contributed by atoms with Crippen molar-refractivity contribution in [2.45, 2.75) is 37.9 Å². The van der Waals surface area contributed by atoms with Crippen LogP contribution in [0.2, 0.25) is 0 Å². The fraction of sp³-hybridized carbons (Fsp3) is 0.471. The van der Waals surface area contributed by atoms with Crippen LogP contribution in [0.4, 0.5) is 0 Å². The van der Waals surface area contributed by atoms with Crippen LogP contribution in [0.5, 0.6) is 0 Å². The van der Waals surface area contributed by atoms with Gasteiger partial charge in [-0.05, 0) is 37.3 Å². The Hall–Kier alpha value is -1.37. The minimum atomic E-state index is -3.31. The molecular weight excluding hydrogens is 314 g/mol. The Labute approximate surface area is 136 Å². The summed E-state index contributed by atoms with van der Waals surface area (Å²) in [6.45, 7) is 1.60. The first-order valence-corrected chi connectivity index (χ1v) is 9.68. The van der Waals surface area contributed by atoms with Crippen molar-refractivity contribution in [1.82, 2.24) is 4.72 Å². The highest BCUT2D eigenvalue weighted by atomic mass is 32.2. The minimum absolute atomic E-state index is 0.134. The molecule has 6 heteroatoms. The second-order valence-corrected chi connectivity index (χ2v) is 8.23. The van der Waals surface area contributed by atoms with Crippen molar-refractivity contribution in [3.05, 3.63) is 42.6 Å². The second kappa shape index (κ2) is 5.92. The van der Waals surface area contributed by atoms with Crippen molar-refractivity contribution in [1.29, 1.82) is 0 Å². The lowest BCUT2D eigenvalue weighted by Crippen LogP contribution is -2.32. The lowest BCUT2D eigenvalue weighted by atomic mass is 9.91. The van der Waals surface area contributed by atoms with E-state index in [0.717, 1.165) is 35.8 Å². The van der Waals surface area contributed by atoms with Gasteiger partial charge in [0.05, 0.1) is 24.2 Å². The van der Waals surface area contributed by atoms with Gasteiger partial charge in [0.25, 0.3) is 0 Å². The number of ether oxygens (including phenoxy) is 1. The largest absolute Gasteiger partial charge is 0.464 e. The summed E-state index contributed by atoms with van der Waals surface area (Å²) in [4.78, 5) is 0. The van der Waals surface area contributed by atoms with E-state index in [1.165, 1.54) is 0 Å². The summed E-state index contributed by atoms with van der Waals surface area (Å²) in [5.41, 5.74) is 1.80. The van der Waals surface area contributed by atoms with Crippen molar-refractivity contribution >= 4 is 21.0 Å². The Morgan fingerprint density at radius 1 is 1.26 bits per heavy atom. The summed E-state index contributed by atoms with van der Waals surface area (Å²) < 4.78 is 38.3. The van der Waals surface area contributed by atoms with Gasteiger partial charge >= 0.3 is 0 Å². The topological polar surface area (TPSA) is 68.5 Å². The van der Waals surface area contributed by atoms with Gasteiger partial charge in [-0.3, -0.25) is 0 Å². The van der Waals surface area contributed by atoms with E-state index in [4.69, 9.17) is 9.15 Å². The van der Waals surface area contributed by atoms with Crippen molar-refractivity contribution in [3.63, 3.8) is 0 Å². The van der Waals surface area contributed by atoms with E-state index in [0.29, 0.717) is 6.42 Å². The Morgan fingerprint density at radius 3 is 2.91 bits per heavy atom. The van der Waals surface area contributed by atoms with E-state index >= 15 is 0 Å². The third-order valence-corrected chi connectivity index (χ3v) is 6.20. The average molecular weight is 334 g/mol. The Bertz CT molecular complexity index is 798. The molecule has 2 fully saturated rings. The molecule has 4 rings (SSSR count). The Morgan fingerprint density at radius 2 is 2.13 bits per heavy atom. The number of hydrogen-bond acceptors (Lipinski definition) is 4. The average Bonchev–Trinajstić information content (AvgIpc) is 3.22. The first-order valence-electron chi connectivity index (χ1n) is 8.03. The molecular formula is C17H20NO4S. The van der Waals surface area contributed by atoms with Crippen LogP contribution >= 0.6 is 0 Å². The van der Waals surface area contributed by atoms with Gasteiger partial charge in [0, 0.05) is 17.8 Å². The lowest BCUT2D eigenvalue weighted by molar-refractivity contribution is 0.0952. The molecule has 1 aromatic heterocycles. The lowest BCUT2D eigenvalue weighted by Gasteiger charge is -2.18. The molecule has 0 aliphatic carbocycles. The number of nitrogens with one attached hydrogen (secondary N) is 1. The first kappa shape index (κ1) is 15.2. The number of rotatable bonds is 6.